The molecule has 0 heterocycles. The van der Waals surface area contributed by atoms with Crippen molar-refractivity contribution in [1.29, 1.82) is 0 Å². The van der Waals surface area contributed by atoms with E-state index in [9.17, 15) is 15.0 Å². The van der Waals surface area contributed by atoms with E-state index in [1.807, 2.05) is 0 Å². The van der Waals surface area contributed by atoms with Gasteiger partial charge in [0.25, 0.3) is 0 Å². The van der Waals surface area contributed by atoms with Crippen LogP contribution in [-0.4, -0.2) is 40.0 Å². The standard InChI is InChI=1S/C16H33NO4/c17-16(21)12-7-5-3-1-2-4-6-10-14(19)15(20)11-8-9-13-18/h14-15,18-20H,1-13H2,(H2,17,21). The molecule has 0 aliphatic rings. The Balaban J connectivity index is 3.31. The van der Waals surface area contributed by atoms with Crippen molar-refractivity contribution in [3.63, 3.8) is 0 Å². The van der Waals surface area contributed by atoms with Crippen LogP contribution in [-0.2, 0) is 4.79 Å². The maximum atomic E-state index is 10.5. The molecule has 0 saturated heterocycles. The van der Waals surface area contributed by atoms with Gasteiger partial charge in [-0.2, -0.15) is 0 Å². The van der Waals surface area contributed by atoms with E-state index in [-0.39, 0.29) is 12.5 Å². The minimum Gasteiger partial charge on any atom is -0.396 e. The topological polar surface area (TPSA) is 104 Å². The van der Waals surface area contributed by atoms with Crippen molar-refractivity contribution in [3.05, 3.63) is 0 Å². The van der Waals surface area contributed by atoms with Gasteiger partial charge in [0.1, 0.15) is 0 Å². The van der Waals surface area contributed by atoms with Gasteiger partial charge in [0.15, 0.2) is 0 Å². The van der Waals surface area contributed by atoms with Crippen molar-refractivity contribution in [2.24, 2.45) is 5.73 Å². The normalized spacial score (nSPS) is 14.0. The Morgan fingerprint density at radius 3 is 1.67 bits per heavy atom. The van der Waals surface area contributed by atoms with Crippen molar-refractivity contribution in [2.75, 3.05) is 6.61 Å². The smallest absolute Gasteiger partial charge is 0.217 e. The van der Waals surface area contributed by atoms with Gasteiger partial charge >= 0.3 is 0 Å². The minimum absolute atomic E-state index is 0.141. The lowest BCUT2D eigenvalue weighted by Gasteiger charge is -2.17. The van der Waals surface area contributed by atoms with Gasteiger partial charge in [0.2, 0.25) is 5.91 Å². The zero-order valence-electron chi connectivity index (χ0n) is 13.2. The molecule has 0 spiro atoms. The van der Waals surface area contributed by atoms with Crippen LogP contribution in [0, 0.1) is 0 Å². The number of hydrogen-bond acceptors (Lipinski definition) is 4. The van der Waals surface area contributed by atoms with Gasteiger partial charge < -0.3 is 21.1 Å². The maximum Gasteiger partial charge on any atom is 0.217 e. The molecule has 5 nitrogen and oxygen atoms in total. The molecule has 5 N–H and O–H groups in total. The third-order valence-electron chi connectivity index (χ3n) is 3.78. The van der Waals surface area contributed by atoms with E-state index < -0.39 is 12.2 Å². The largest absolute Gasteiger partial charge is 0.396 e. The van der Waals surface area contributed by atoms with Gasteiger partial charge in [-0.1, -0.05) is 38.5 Å². The Hall–Kier alpha value is -0.650. The number of amides is 1. The highest BCUT2D eigenvalue weighted by atomic mass is 16.3. The summed E-state index contributed by atoms with van der Waals surface area (Å²) in [5, 5.41) is 28.2. The number of primary amides is 1. The van der Waals surface area contributed by atoms with E-state index in [4.69, 9.17) is 10.8 Å². The van der Waals surface area contributed by atoms with Gasteiger partial charge in [0, 0.05) is 13.0 Å². The second-order valence-corrected chi connectivity index (χ2v) is 5.83. The van der Waals surface area contributed by atoms with Crippen LogP contribution < -0.4 is 5.73 Å². The number of nitrogens with two attached hydrogens (primary N) is 1. The lowest BCUT2D eigenvalue weighted by Crippen LogP contribution is -2.25. The predicted octanol–water partition coefficient (Wildman–Crippen LogP) is 1.87. The van der Waals surface area contributed by atoms with E-state index in [1.54, 1.807) is 0 Å². The summed E-state index contributed by atoms with van der Waals surface area (Å²) < 4.78 is 0. The quantitative estimate of drug-likeness (QED) is 0.347. The van der Waals surface area contributed by atoms with E-state index in [2.05, 4.69) is 0 Å². The van der Waals surface area contributed by atoms with E-state index in [0.29, 0.717) is 25.7 Å². The van der Waals surface area contributed by atoms with Crippen LogP contribution in [0.1, 0.15) is 77.0 Å². The molecule has 0 bridgehead atoms. The fourth-order valence-electron chi connectivity index (χ4n) is 2.39. The SMILES string of the molecule is NC(=O)CCCCCCCCCC(O)C(O)CCCCO. The molecule has 2 unspecified atom stereocenters. The van der Waals surface area contributed by atoms with Crippen LogP contribution in [0.3, 0.4) is 0 Å². The number of carbonyl (C=O) groups is 1. The molecule has 0 aromatic carbocycles. The molecule has 0 aromatic rings. The Morgan fingerprint density at radius 1 is 0.762 bits per heavy atom. The predicted molar refractivity (Wildman–Crippen MR) is 83.7 cm³/mol. The molecule has 0 rings (SSSR count). The lowest BCUT2D eigenvalue weighted by atomic mass is 10.0. The highest BCUT2D eigenvalue weighted by molar-refractivity contribution is 5.73. The summed E-state index contributed by atoms with van der Waals surface area (Å²) in [6, 6.07) is 0. The summed E-state index contributed by atoms with van der Waals surface area (Å²) in [5.74, 6) is -0.221. The van der Waals surface area contributed by atoms with Gasteiger partial charge in [0.05, 0.1) is 12.2 Å². The van der Waals surface area contributed by atoms with Gasteiger partial charge in [-0.3, -0.25) is 4.79 Å². The monoisotopic (exact) mass is 303 g/mol. The zero-order chi connectivity index (χ0) is 15.9. The maximum absolute atomic E-state index is 10.5. The average Bonchev–Trinajstić information content (AvgIpc) is 2.45. The van der Waals surface area contributed by atoms with Crippen molar-refractivity contribution in [2.45, 2.75) is 89.3 Å². The third-order valence-corrected chi connectivity index (χ3v) is 3.78. The average molecular weight is 303 g/mol. The Bertz CT molecular complexity index is 248. The van der Waals surface area contributed by atoms with Crippen LogP contribution >= 0.6 is 0 Å². The Morgan fingerprint density at radius 2 is 1.19 bits per heavy atom. The summed E-state index contributed by atoms with van der Waals surface area (Å²) >= 11 is 0. The van der Waals surface area contributed by atoms with Crippen molar-refractivity contribution < 1.29 is 20.1 Å². The number of hydrogen-bond donors (Lipinski definition) is 4. The second-order valence-electron chi connectivity index (χ2n) is 5.83. The summed E-state index contributed by atoms with van der Waals surface area (Å²) in [5.41, 5.74) is 5.07. The summed E-state index contributed by atoms with van der Waals surface area (Å²) in [4.78, 5) is 10.5. The zero-order valence-corrected chi connectivity index (χ0v) is 13.2. The van der Waals surface area contributed by atoms with Gasteiger partial charge in [-0.05, 0) is 32.1 Å². The molecule has 126 valence electrons. The van der Waals surface area contributed by atoms with Crippen LogP contribution in [0.2, 0.25) is 0 Å². The van der Waals surface area contributed by atoms with Crippen LogP contribution in [0.5, 0.6) is 0 Å². The minimum atomic E-state index is -0.662. The first-order chi connectivity index (χ1) is 10.1. The Kier molecular flexibility index (Phi) is 13.9. The molecule has 0 fully saturated rings. The van der Waals surface area contributed by atoms with Gasteiger partial charge in [-0.25, -0.2) is 0 Å². The van der Waals surface area contributed by atoms with Crippen LogP contribution in [0.15, 0.2) is 0 Å². The first kappa shape index (κ1) is 20.3. The molecule has 0 radical (unpaired) electrons. The fourth-order valence-corrected chi connectivity index (χ4v) is 2.39. The summed E-state index contributed by atoms with van der Waals surface area (Å²) in [6.07, 6.45) is 9.14. The molecule has 0 aromatic heterocycles. The van der Waals surface area contributed by atoms with Crippen molar-refractivity contribution in [1.82, 2.24) is 0 Å². The van der Waals surface area contributed by atoms with E-state index in [0.717, 1.165) is 51.4 Å². The highest BCUT2D eigenvalue weighted by Gasteiger charge is 2.14. The molecule has 0 aliphatic heterocycles. The van der Waals surface area contributed by atoms with Gasteiger partial charge in [-0.15, -0.1) is 0 Å². The molecule has 21 heavy (non-hydrogen) atoms. The molecule has 2 atom stereocenters. The number of carbonyl (C=O) groups excluding carboxylic acids is 1. The van der Waals surface area contributed by atoms with Crippen LogP contribution in [0.25, 0.3) is 0 Å². The molecular weight excluding hydrogens is 270 g/mol. The molecule has 0 saturated carbocycles. The lowest BCUT2D eigenvalue weighted by molar-refractivity contribution is -0.118. The molecule has 1 amide bonds. The molecule has 5 heteroatoms. The summed E-state index contributed by atoms with van der Waals surface area (Å²) in [7, 11) is 0. The fraction of sp³-hybridized carbons (Fsp3) is 0.938. The summed E-state index contributed by atoms with van der Waals surface area (Å²) in [6.45, 7) is 0.141. The third kappa shape index (κ3) is 14.1. The molecular formula is C16H33NO4. The van der Waals surface area contributed by atoms with Crippen LogP contribution in [0.4, 0.5) is 0 Å². The number of aliphatic hydroxyl groups excluding tert-OH is 3. The van der Waals surface area contributed by atoms with E-state index >= 15 is 0 Å². The first-order valence-electron chi connectivity index (χ1n) is 8.33. The van der Waals surface area contributed by atoms with E-state index in [1.165, 1.54) is 0 Å². The second kappa shape index (κ2) is 14.3. The number of aliphatic hydroxyl groups is 3. The Labute approximate surface area is 128 Å². The number of unbranched alkanes of at least 4 members (excludes halogenated alkanes) is 7. The van der Waals surface area contributed by atoms with Crippen molar-refractivity contribution >= 4 is 5.91 Å². The first-order valence-corrected chi connectivity index (χ1v) is 8.33. The van der Waals surface area contributed by atoms with Crippen molar-refractivity contribution in [3.8, 4) is 0 Å². The highest BCUT2D eigenvalue weighted by Crippen LogP contribution is 2.14. The number of rotatable bonds is 15. The molecule has 0 aliphatic carbocycles.